The Morgan fingerprint density at radius 1 is 0.923 bits per heavy atom. The number of nitrogens with zero attached hydrogens (tertiary/aromatic N) is 3. The lowest BCUT2D eigenvalue weighted by Crippen LogP contribution is -2.20. The summed E-state index contributed by atoms with van der Waals surface area (Å²) in [6.45, 7) is 0.199. The quantitative estimate of drug-likeness (QED) is 0.196. The average molecular weight is 568 g/mol. The Morgan fingerprint density at radius 2 is 1.72 bits per heavy atom. The number of hydrogen-bond donors (Lipinski definition) is 0. The summed E-state index contributed by atoms with van der Waals surface area (Å²) in [5.41, 5.74) is 0.404. The van der Waals surface area contributed by atoms with Crippen LogP contribution in [0.5, 0.6) is 5.75 Å². The highest BCUT2D eigenvalue weighted by Gasteiger charge is 2.31. The molecule has 0 aliphatic heterocycles. The summed E-state index contributed by atoms with van der Waals surface area (Å²) in [6, 6.07) is 23.3. The zero-order valence-corrected chi connectivity index (χ0v) is 21.5. The van der Waals surface area contributed by atoms with Gasteiger partial charge in [-0.3, -0.25) is 4.79 Å². The maximum Gasteiger partial charge on any atom is 0.416 e. The van der Waals surface area contributed by atoms with Gasteiger partial charge >= 0.3 is 6.18 Å². The molecule has 0 atom stereocenters. The maximum atomic E-state index is 13.4. The highest BCUT2D eigenvalue weighted by molar-refractivity contribution is 6.35. The second-order valence-electron chi connectivity index (χ2n) is 8.49. The van der Waals surface area contributed by atoms with Crippen LogP contribution in [0.1, 0.15) is 16.7 Å². The number of fused-ring (bicyclic) bond motifs is 1. The monoisotopic (exact) mass is 567 g/mol. The number of benzene rings is 4. The minimum absolute atomic E-state index is 0.0224. The first-order chi connectivity index (χ1) is 18.7. The zero-order chi connectivity index (χ0) is 27.6. The molecule has 0 amide bonds. The van der Waals surface area contributed by atoms with E-state index in [4.69, 9.17) is 27.9 Å². The van der Waals surface area contributed by atoms with E-state index in [0.717, 1.165) is 22.4 Å². The largest absolute Gasteiger partial charge is 0.489 e. The first-order valence-corrected chi connectivity index (χ1v) is 12.4. The summed E-state index contributed by atoms with van der Waals surface area (Å²) in [7, 11) is 0. The van der Waals surface area contributed by atoms with Crippen molar-refractivity contribution in [3.8, 4) is 17.1 Å². The second-order valence-corrected chi connectivity index (χ2v) is 9.33. The second kappa shape index (κ2) is 10.9. The normalized spacial score (nSPS) is 11.8. The number of ether oxygens (including phenoxy) is 1. The molecule has 0 aliphatic rings. The minimum Gasteiger partial charge on any atom is -0.489 e. The van der Waals surface area contributed by atoms with Crippen LogP contribution in [0, 0.1) is 0 Å². The van der Waals surface area contributed by atoms with Crippen LogP contribution in [0.4, 0.5) is 13.2 Å². The van der Waals surface area contributed by atoms with E-state index < -0.39 is 17.3 Å². The molecule has 4 aromatic carbocycles. The molecule has 0 unspecified atom stereocenters. The summed E-state index contributed by atoms with van der Waals surface area (Å²) in [4.78, 5) is 17.8. The van der Waals surface area contributed by atoms with Crippen LogP contribution in [0.25, 0.3) is 22.3 Å². The van der Waals surface area contributed by atoms with E-state index in [2.05, 4.69) is 10.1 Å². The molecule has 0 saturated heterocycles. The molecule has 0 spiro atoms. The van der Waals surface area contributed by atoms with Crippen molar-refractivity contribution in [3.05, 3.63) is 128 Å². The van der Waals surface area contributed by atoms with Gasteiger partial charge in [-0.25, -0.2) is 4.98 Å². The summed E-state index contributed by atoms with van der Waals surface area (Å²) < 4.78 is 47.0. The average Bonchev–Trinajstić information content (AvgIpc) is 2.92. The topological polar surface area (TPSA) is 56.5 Å². The van der Waals surface area contributed by atoms with Gasteiger partial charge in [0.2, 0.25) is 0 Å². The highest BCUT2D eigenvalue weighted by Crippen LogP contribution is 2.32. The first kappa shape index (κ1) is 26.5. The maximum absolute atomic E-state index is 13.4. The molecular weight excluding hydrogens is 550 g/mol. The Kier molecular flexibility index (Phi) is 7.41. The lowest BCUT2D eigenvalue weighted by atomic mass is 10.1. The van der Waals surface area contributed by atoms with Crippen molar-refractivity contribution >= 4 is 40.3 Å². The molecule has 39 heavy (non-hydrogen) atoms. The Labute approximate surface area is 230 Å². The van der Waals surface area contributed by atoms with Gasteiger partial charge in [0, 0.05) is 21.2 Å². The lowest BCUT2D eigenvalue weighted by molar-refractivity contribution is -0.137. The number of aromatic nitrogens is 2. The van der Waals surface area contributed by atoms with Gasteiger partial charge in [0.15, 0.2) is 5.82 Å². The first-order valence-electron chi connectivity index (χ1n) is 11.6. The highest BCUT2D eigenvalue weighted by atomic mass is 35.5. The molecule has 5 nitrogen and oxygen atoms in total. The minimum atomic E-state index is -4.56. The smallest absolute Gasteiger partial charge is 0.416 e. The van der Waals surface area contributed by atoms with Gasteiger partial charge in [-0.2, -0.15) is 22.9 Å². The van der Waals surface area contributed by atoms with Crippen LogP contribution < -0.4 is 10.3 Å². The summed E-state index contributed by atoms with van der Waals surface area (Å²) in [5, 5.41) is 5.60. The molecule has 0 aliphatic carbocycles. The van der Waals surface area contributed by atoms with Crippen LogP contribution >= 0.6 is 23.2 Å². The van der Waals surface area contributed by atoms with Gasteiger partial charge in [0.1, 0.15) is 12.4 Å². The van der Waals surface area contributed by atoms with E-state index in [0.29, 0.717) is 26.9 Å². The van der Waals surface area contributed by atoms with Gasteiger partial charge in [-0.15, -0.1) is 0 Å². The third-order valence-electron chi connectivity index (χ3n) is 5.79. The van der Waals surface area contributed by atoms with E-state index in [9.17, 15) is 18.0 Å². The standard InChI is InChI=1S/C29H18Cl2F3N3O2/c30-22-12-11-20(25(31)15-22)17-39-23-8-3-5-18(13-23)16-35-37-27(19-6-4-7-21(14-19)29(32,33)34)36-26-10-2-1-9-24(26)28(37)38/h1-16H,17H2. The van der Waals surface area contributed by atoms with Crippen LogP contribution in [-0.2, 0) is 12.8 Å². The molecule has 0 fully saturated rings. The van der Waals surface area contributed by atoms with Crippen molar-refractivity contribution in [1.29, 1.82) is 0 Å². The van der Waals surface area contributed by atoms with Gasteiger partial charge in [-0.05, 0) is 54.1 Å². The molecule has 196 valence electrons. The predicted octanol–water partition coefficient (Wildman–Crippen LogP) is 7.85. The van der Waals surface area contributed by atoms with Crippen molar-refractivity contribution in [3.63, 3.8) is 0 Å². The fraction of sp³-hybridized carbons (Fsp3) is 0.0690. The SMILES string of the molecule is O=c1c2ccccc2nc(-c2cccc(C(F)(F)F)c2)n1N=Cc1cccc(OCc2ccc(Cl)cc2Cl)c1. The number of rotatable bonds is 6. The van der Waals surface area contributed by atoms with E-state index in [1.165, 1.54) is 18.3 Å². The molecule has 0 radical (unpaired) electrons. The molecular formula is C29H18Cl2F3N3O2. The van der Waals surface area contributed by atoms with Crippen LogP contribution in [-0.4, -0.2) is 15.9 Å². The van der Waals surface area contributed by atoms with Gasteiger partial charge in [0.05, 0.1) is 22.7 Å². The Morgan fingerprint density at radius 3 is 2.51 bits per heavy atom. The van der Waals surface area contributed by atoms with Gasteiger partial charge in [0.25, 0.3) is 5.56 Å². The van der Waals surface area contributed by atoms with Gasteiger partial charge in [-0.1, -0.05) is 65.7 Å². The van der Waals surface area contributed by atoms with E-state index in [1.807, 2.05) is 0 Å². The Hall–Kier alpha value is -4.14. The lowest BCUT2D eigenvalue weighted by Gasteiger charge is -2.12. The zero-order valence-electron chi connectivity index (χ0n) is 20.0. The molecule has 1 aromatic heterocycles. The van der Waals surface area contributed by atoms with Crippen molar-refractivity contribution in [2.45, 2.75) is 12.8 Å². The van der Waals surface area contributed by atoms with Crippen LogP contribution in [0.15, 0.2) is 101 Å². The molecule has 5 rings (SSSR count). The van der Waals surface area contributed by atoms with Crippen LogP contribution in [0.3, 0.4) is 0 Å². The molecule has 5 aromatic rings. The number of para-hydroxylation sites is 1. The molecule has 10 heteroatoms. The molecule has 0 saturated carbocycles. The van der Waals surface area contributed by atoms with E-state index in [1.54, 1.807) is 66.7 Å². The van der Waals surface area contributed by atoms with Gasteiger partial charge < -0.3 is 4.74 Å². The van der Waals surface area contributed by atoms with Crippen molar-refractivity contribution in [2.24, 2.45) is 5.10 Å². The summed E-state index contributed by atoms with van der Waals surface area (Å²) in [6.07, 6.45) is -3.14. The van der Waals surface area contributed by atoms with E-state index >= 15 is 0 Å². The fourth-order valence-electron chi connectivity index (χ4n) is 3.86. The Bertz CT molecular complexity index is 1770. The molecule has 0 N–H and O–H groups in total. The number of alkyl halides is 3. The predicted molar refractivity (Wildman–Crippen MR) is 147 cm³/mol. The summed E-state index contributed by atoms with van der Waals surface area (Å²) >= 11 is 12.2. The third kappa shape index (κ3) is 5.97. The number of hydrogen-bond acceptors (Lipinski definition) is 4. The van der Waals surface area contributed by atoms with Crippen molar-refractivity contribution in [1.82, 2.24) is 9.66 Å². The van der Waals surface area contributed by atoms with Crippen molar-refractivity contribution < 1.29 is 17.9 Å². The molecule has 0 bridgehead atoms. The third-order valence-corrected chi connectivity index (χ3v) is 6.38. The number of halogens is 5. The van der Waals surface area contributed by atoms with Crippen molar-refractivity contribution in [2.75, 3.05) is 0 Å². The molecule has 1 heterocycles. The summed E-state index contributed by atoms with van der Waals surface area (Å²) in [5.74, 6) is 0.498. The van der Waals surface area contributed by atoms with E-state index in [-0.39, 0.29) is 23.4 Å². The Balaban J connectivity index is 1.51. The van der Waals surface area contributed by atoms with Crippen LogP contribution in [0.2, 0.25) is 10.0 Å². The fourth-order valence-corrected chi connectivity index (χ4v) is 4.32.